The Morgan fingerprint density at radius 3 is 2.76 bits per heavy atom. The summed E-state index contributed by atoms with van der Waals surface area (Å²) in [6.45, 7) is 3.49. The van der Waals surface area contributed by atoms with Gasteiger partial charge < -0.3 is 30.7 Å². The molecule has 3 heterocycles. The van der Waals surface area contributed by atoms with Crippen molar-refractivity contribution < 1.29 is 14.3 Å². The third-order valence-electron chi connectivity index (χ3n) is 7.15. The number of fused-ring (bicyclic) bond motifs is 1. The van der Waals surface area contributed by atoms with Crippen molar-refractivity contribution in [3.63, 3.8) is 0 Å². The Kier molecular flexibility index (Phi) is 7.52. The molecule has 0 saturated carbocycles. The Balaban J connectivity index is 1.43. The van der Waals surface area contributed by atoms with Gasteiger partial charge in [0.15, 0.2) is 0 Å². The van der Waals surface area contributed by atoms with Gasteiger partial charge in [-0.2, -0.15) is 4.98 Å². The van der Waals surface area contributed by atoms with Crippen molar-refractivity contribution in [2.45, 2.75) is 32.2 Å². The standard InChI is InChI=1S/C28H34N6O3/c1-34-10-7-19-15-25(36-2)24(14-21(19)17-34)32-28-30-16-22(26(29)35)27(33-28)31-23-6-4-3-5-20(23)13-18-8-11-37-12-9-18/h3-6,14-16,18H,7-13,17H2,1-2H3,(H2,29,35)(H2,30,31,32,33). The van der Waals surface area contributed by atoms with E-state index in [1.165, 1.54) is 22.9 Å². The maximum Gasteiger partial charge on any atom is 0.254 e. The molecular weight excluding hydrogens is 468 g/mol. The largest absolute Gasteiger partial charge is 0.495 e. The van der Waals surface area contributed by atoms with Gasteiger partial charge in [-0.25, -0.2) is 4.98 Å². The first-order valence-electron chi connectivity index (χ1n) is 12.7. The van der Waals surface area contributed by atoms with Crippen molar-refractivity contribution in [1.82, 2.24) is 14.9 Å². The Morgan fingerprint density at radius 2 is 1.97 bits per heavy atom. The quantitative estimate of drug-likeness (QED) is 0.423. The van der Waals surface area contributed by atoms with Crippen LogP contribution >= 0.6 is 0 Å². The number of carbonyl (C=O) groups is 1. The van der Waals surface area contributed by atoms with E-state index in [4.69, 9.17) is 15.2 Å². The molecule has 1 amide bonds. The maximum absolute atomic E-state index is 12.2. The van der Waals surface area contributed by atoms with Gasteiger partial charge in [-0.1, -0.05) is 18.2 Å². The molecule has 4 N–H and O–H groups in total. The number of hydrogen-bond acceptors (Lipinski definition) is 8. The summed E-state index contributed by atoms with van der Waals surface area (Å²) >= 11 is 0. The normalized spacial score (nSPS) is 16.2. The van der Waals surface area contributed by atoms with Crippen LogP contribution in [0.25, 0.3) is 0 Å². The average molecular weight is 503 g/mol. The van der Waals surface area contributed by atoms with Gasteiger partial charge in [0.2, 0.25) is 5.95 Å². The summed E-state index contributed by atoms with van der Waals surface area (Å²) < 4.78 is 11.2. The molecule has 1 fully saturated rings. The second kappa shape index (κ2) is 11.1. The van der Waals surface area contributed by atoms with Crippen LogP contribution in [0, 0.1) is 5.92 Å². The van der Waals surface area contributed by atoms with E-state index < -0.39 is 5.91 Å². The average Bonchev–Trinajstić information content (AvgIpc) is 2.90. The summed E-state index contributed by atoms with van der Waals surface area (Å²) in [4.78, 5) is 23.5. The van der Waals surface area contributed by atoms with E-state index in [2.05, 4.69) is 50.7 Å². The molecular formula is C28H34N6O3. The Morgan fingerprint density at radius 1 is 1.16 bits per heavy atom. The van der Waals surface area contributed by atoms with Crippen LogP contribution in [0.1, 0.15) is 39.9 Å². The number of para-hydroxylation sites is 1. The molecule has 194 valence electrons. The van der Waals surface area contributed by atoms with Gasteiger partial charge in [-0.3, -0.25) is 4.79 Å². The van der Waals surface area contributed by atoms with E-state index in [-0.39, 0.29) is 5.56 Å². The zero-order valence-electron chi connectivity index (χ0n) is 21.4. The molecule has 0 spiro atoms. The van der Waals surface area contributed by atoms with Crippen LogP contribution in [0.5, 0.6) is 5.75 Å². The number of methoxy groups -OCH3 is 1. The molecule has 5 rings (SSSR count). The van der Waals surface area contributed by atoms with E-state index >= 15 is 0 Å². The minimum Gasteiger partial charge on any atom is -0.495 e. The monoisotopic (exact) mass is 502 g/mol. The molecule has 0 aliphatic carbocycles. The molecule has 2 aromatic carbocycles. The predicted molar refractivity (Wildman–Crippen MR) is 144 cm³/mol. The van der Waals surface area contributed by atoms with E-state index in [0.717, 1.165) is 69.1 Å². The maximum atomic E-state index is 12.2. The number of ether oxygens (including phenoxy) is 2. The fourth-order valence-corrected chi connectivity index (χ4v) is 5.04. The first-order chi connectivity index (χ1) is 18.0. The summed E-state index contributed by atoms with van der Waals surface area (Å²) in [6, 6.07) is 12.3. The molecule has 9 nitrogen and oxygen atoms in total. The molecule has 2 aliphatic rings. The summed E-state index contributed by atoms with van der Waals surface area (Å²) in [5.41, 5.74) is 11.3. The minimum atomic E-state index is -0.592. The zero-order chi connectivity index (χ0) is 25.8. The lowest BCUT2D eigenvalue weighted by Crippen LogP contribution is -2.26. The third-order valence-corrected chi connectivity index (χ3v) is 7.15. The lowest BCUT2D eigenvalue weighted by atomic mass is 9.91. The number of nitrogens with one attached hydrogen (secondary N) is 2. The van der Waals surface area contributed by atoms with Crippen molar-refractivity contribution >= 4 is 29.0 Å². The van der Waals surface area contributed by atoms with Crippen molar-refractivity contribution in [3.05, 3.63) is 64.8 Å². The number of benzene rings is 2. The molecule has 0 radical (unpaired) electrons. The molecule has 0 atom stereocenters. The predicted octanol–water partition coefficient (Wildman–Crippen LogP) is 4.03. The summed E-state index contributed by atoms with van der Waals surface area (Å²) in [5.74, 6) is 1.40. The summed E-state index contributed by atoms with van der Waals surface area (Å²) in [5, 5.41) is 6.65. The number of nitrogens with zero attached hydrogens (tertiary/aromatic N) is 3. The number of primary amides is 1. The minimum absolute atomic E-state index is 0.227. The van der Waals surface area contributed by atoms with Gasteiger partial charge in [0.1, 0.15) is 17.1 Å². The van der Waals surface area contributed by atoms with E-state index in [9.17, 15) is 4.79 Å². The van der Waals surface area contributed by atoms with Crippen LogP contribution in [-0.4, -0.2) is 54.7 Å². The highest BCUT2D eigenvalue weighted by Gasteiger charge is 2.20. The topological polar surface area (TPSA) is 115 Å². The zero-order valence-corrected chi connectivity index (χ0v) is 21.4. The second-order valence-corrected chi connectivity index (χ2v) is 9.80. The second-order valence-electron chi connectivity index (χ2n) is 9.80. The number of anilines is 4. The summed E-state index contributed by atoms with van der Waals surface area (Å²) in [7, 11) is 3.77. The van der Waals surface area contributed by atoms with Crippen molar-refractivity contribution in [2.75, 3.05) is 44.5 Å². The molecule has 0 unspecified atom stereocenters. The van der Waals surface area contributed by atoms with Gasteiger partial charge >= 0.3 is 0 Å². The highest BCUT2D eigenvalue weighted by molar-refractivity contribution is 5.98. The Hall–Kier alpha value is -3.69. The Labute approximate surface area is 217 Å². The fraction of sp³-hybridized carbons (Fsp3) is 0.393. The lowest BCUT2D eigenvalue weighted by Gasteiger charge is -2.26. The van der Waals surface area contributed by atoms with Crippen LogP contribution in [0.3, 0.4) is 0 Å². The molecule has 0 bridgehead atoms. The van der Waals surface area contributed by atoms with Crippen molar-refractivity contribution in [3.8, 4) is 5.75 Å². The molecule has 1 saturated heterocycles. The number of carbonyl (C=O) groups excluding carboxylic acids is 1. The number of rotatable bonds is 8. The lowest BCUT2D eigenvalue weighted by molar-refractivity contribution is 0.0666. The number of aromatic nitrogens is 2. The fourth-order valence-electron chi connectivity index (χ4n) is 5.04. The molecule has 2 aliphatic heterocycles. The highest BCUT2D eigenvalue weighted by Crippen LogP contribution is 2.34. The smallest absolute Gasteiger partial charge is 0.254 e. The van der Waals surface area contributed by atoms with Gasteiger partial charge in [-0.05, 0) is 73.5 Å². The number of likely N-dealkylation sites (N-methyl/N-ethyl adjacent to an activating group) is 1. The van der Waals surface area contributed by atoms with Crippen LogP contribution in [0.2, 0.25) is 0 Å². The van der Waals surface area contributed by atoms with Crippen LogP contribution < -0.4 is 21.1 Å². The van der Waals surface area contributed by atoms with E-state index in [1.807, 2.05) is 18.2 Å². The van der Waals surface area contributed by atoms with Gasteiger partial charge in [0.05, 0.1) is 12.8 Å². The molecule has 3 aromatic rings. The van der Waals surface area contributed by atoms with Crippen molar-refractivity contribution in [1.29, 1.82) is 0 Å². The number of amides is 1. The van der Waals surface area contributed by atoms with Crippen LogP contribution in [0.15, 0.2) is 42.6 Å². The van der Waals surface area contributed by atoms with E-state index in [0.29, 0.717) is 17.7 Å². The molecule has 9 heteroatoms. The van der Waals surface area contributed by atoms with Gasteiger partial charge in [-0.15, -0.1) is 0 Å². The highest BCUT2D eigenvalue weighted by atomic mass is 16.5. The molecule has 37 heavy (non-hydrogen) atoms. The van der Waals surface area contributed by atoms with Gasteiger partial charge in [0.25, 0.3) is 5.91 Å². The number of hydrogen-bond donors (Lipinski definition) is 3. The molecule has 1 aromatic heterocycles. The van der Waals surface area contributed by atoms with Crippen LogP contribution in [0.4, 0.5) is 23.1 Å². The number of nitrogens with two attached hydrogens (primary N) is 1. The van der Waals surface area contributed by atoms with E-state index in [1.54, 1.807) is 7.11 Å². The Bertz CT molecular complexity index is 1270. The third kappa shape index (κ3) is 5.84. The first-order valence-corrected chi connectivity index (χ1v) is 12.7. The first kappa shape index (κ1) is 25.0. The van der Waals surface area contributed by atoms with Crippen molar-refractivity contribution in [2.24, 2.45) is 11.7 Å². The van der Waals surface area contributed by atoms with Crippen LogP contribution in [-0.2, 0) is 24.1 Å². The van der Waals surface area contributed by atoms with Gasteiger partial charge in [0, 0.05) is 38.2 Å². The summed E-state index contributed by atoms with van der Waals surface area (Å²) in [6.07, 6.45) is 5.45. The SMILES string of the molecule is COc1cc2c(cc1Nc1ncc(C(N)=O)c(Nc3ccccc3CC3CCOCC3)n1)CN(C)CC2.